The molecule has 0 saturated carbocycles. The van der Waals surface area contributed by atoms with Crippen molar-refractivity contribution in [1.82, 2.24) is 9.80 Å². The number of ether oxygens (including phenoxy) is 1. The van der Waals surface area contributed by atoms with Gasteiger partial charge in [0.2, 0.25) is 0 Å². The number of para-hydroxylation sites is 1. The first-order valence-corrected chi connectivity index (χ1v) is 12.4. The fourth-order valence-corrected chi connectivity index (χ4v) is 6.11. The molecule has 0 aromatic heterocycles. The molecule has 2 fully saturated rings. The molecule has 31 heavy (non-hydrogen) atoms. The summed E-state index contributed by atoms with van der Waals surface area (Å²) in [6.07, 6.45) is 2.59. The fraction of sp³-hybridized carbons (Fsp3) is 0.375. The molecule has 2 aliphatic rings. The van der Waals surface area contributed by atoms with Gasteiger partial charge in [-0.15, -0.1) is 0 Å². The molecule has 0 bridgehead atoms. The Hall–Kier alpha value is -2.64. The van der Waals surface area contributed by atoms with Crippen LogP contribution in [0.25, 0.3) is 11.6 Å². The summed E-state index contributed by atoms with van der Waals surface area (Å²) in [5, 5.41) is 0. The van der Waals surface area contributed by atoms with Gasteiger partial charge in [-0.05, 0) is 24.1 Å². The smallest absolute Gasteiger partial charge is 0.254 e. The molecule has 1 unspecified atom stereocenters. The number of nitrogens with zero attached hydrogens (tertiary/aromatic N) is 2. The Morgan fingerprint density at radius 2 is 1.68 bits per heavy atom. The van der Waals surface area contributed by atoms with Crippen LogP contribution in [0.2, 0.25) is 0 Å². The lowest BCUT2D eigenvalue weighted by Gasteiger charge is -2.38. The van der Waals surface area contributed by atoms with Crippen molar-refractivity contribution in [3.05, 3.63) is 65.7 Å². The molecule has 164 valence electrons. The predicted octanol–water partition coefficient (Wildman–Crippen LogP) is 2.57. The topological polar surface area (TPSA) is 66.9 Å². The number of methoxy groups -OCH3 is 1. The van der Waals surface area contributed by atoms with E-state index < -0.39 is 9.84 Å². The second-order valence-electron chi connectivity index (χ2n) is 8.05. The van der Waals surface area contributed by atoms with Crippen molar-refractivity contribution in [1.29, 1.82) is 0 Å². The van der Waals surface area contributed by atoms with E-state index >= 15 is 0 Å². The van der Waals surface area contributed by atoms with Crippen LogP contribution >= 0.6 is 0 Å². The minimum absolute atomic E-state index is 0.0178. The van der Waals surface area contributed by atoms with E-state index in [0.717, 1.165) is 16.9 Å². The number of rotatable bonds is 5. The van der Waals surface area contributed by atoms with E-state index in [9.17, 15) is 13.2 Å². The molecule has 2 aromatic rings. The highest BCUT2D eigenvalue weighted by molar-refractivity contribution is 7.91. The van der Waals surface area contributed by atoms with Gasteiger partial charge in [0.05, 0.1) is 18.6 Å². The van der Waals surface area contributed by atoms with Gasteiger partial charge in [0.15, 0.2) is 9.84 Å². The van der Waals surface area contributed by atoms with Crippen molar-refractivity contribution in [2.24, 2.45) is 0 Å². The Balaban J connectivity index is 1.54. The SMILES string of the molecule is COc1ccccc1/C=C(/C(=O)N1CCN(C2CCS(=O)(=O)C2)CC1)c1ccccc1. The van der Waals surface area contributed by atoms with Gasteiger partial charge in [-0.2, -0.15) is 0 Å². The van der Waals surface area contributed by atoms with Crippen LogP contribution < -0.4 is 4.74 Å². The Bertz CT molecular complexity index is 1060. The molecule has 7 heteroatoms. The van der Waals surface area contributed by atoms with E-state index in [0.29, 0.717) is 38.2 Å². The summed E-state index contributed by atoms with van der Waals surface area (Å²) in [6.45, 7) is 2.57. The summed E-state index contributed by atoms with van der Waals surface area (Å²) in [4.78, 5) is 17.6. The molecule has 1 amide bonds. The highest BCUT2D eigenvalue weighted by Gasteiger charge is 2.34. The van der Waals surface area contributed by atoms with Crippen LogP contribution in [-0.2, 0) is 14.6 Å². The normalized spacial score (nSPS) is 21.8. The molecule has 4 rings (SSSR count). The molecular weight excluding hydrogens is 412 g/mol. The second kappa shape index (κ2) is 9.24. The maximum Gasteiger partial charge on any atom is 0.254 e. The maximum atomic E-state index is 13.5. The maximum absolute atomic E-state index is 13.5. The quantitative estimate of drug-likeness (QED) is 0.528. The van der Waals surface area contributed by atoms with Crippen molar-refractivity contribution in [3.63, 3.8) is 0 Å². The number of amides is 1. The number of hydrogen-bond acceptors (Lipinski definition) is 5. The lowest BCUT2D eigenvalue weighted by molar-refractivity contribution is -0.126. The monoisotopic (exact) mass is 440 g/mol. The van der Waals surface area contributed by atoms with Crippen LogP contribution in [0.4, 0.5) is 0 Å². The molecule has 0 spiro atoms. The van der Waals surface area contributed by atoms with E-state index in [2.05, 4.69) is 4.90 Å². The van der Waals surface area contributed by atoms with Gasteiger partial charge in [0.25, 0.3) is 5.91 Å². The number of hydrogen-bond donors (Lipinski definition) is 0. The predicted molar refractivity (Wildman–Crippen MR) is 123 cm³/mol. The average molecular weight is 441 g/mol. The largest absolute Gasteiger partial charge is 0.496 e. The zero-order valence-corrected chi connectivity index (χ0v) is 18.6. The van der Waals surface area contributed by atoms with E-state index in [4.69, 9.17) is 4.74 Å². The van der Waals surface area contributed by atoms with Gasteiger partial charge >= 0.3 is 0 Å². The summed E-state index contributed by atoms with van der Waals surface area (Å²) >= 11 is 0. The Kier molecular flexibility index (Phi) is 6.43. The molecule has 0 N–H and O–H groups in total. The van der Waals surface area contributed by atoms with Gasteiger partial charge in [0.1, 0.15) is 5.75 Å². The molecule has 2 heterocycles. The molecule has 1 atom stereocenters. The first-order valence-electron chi connectivity index (χ1n) is 10.6. The summed E-state index contributed by atoms with van der Waals surface area (Å²) < 4.78 is 29.1. The first kappa shape index (κ1) is 21.6. The summed E-state index contributed by atoms with van der Waals surface area (Å²) in [5.74, 6) is 1.22. The van der Waals surface area contributed by atoms with Gasteiger partial charge in [-0.3, -0.25) is 9.69 Å². The highest BCUT2D eigenvalue weighted by atomic mass is 32.2. The van der Waals surface area contributed by atoms with Crippen LogP contribution in [0, 0.1) is 0 Å². The van der Waals surface area contributed by atoms with Crippen molar-refractivity contribution < 1.29 is 17.9 Å². The molecule has 2 aliphatic heterocycles. The van der Waals surface area contributed by atoms with Crippen molar-refractivity contribution in [2.45, 2.75) is 12.5 Å². The third-order valence-corrected chi connectivity index (χ3v) is 7.83. The van der Waals surface area contributed by atoms with Crippen LogP contribution in [0.5, 0.6) is 5.75 Å². The summed E-state index contributed by atoms with van der Waals surface area (Å²) in [6, 6.07) is 17.4. The van der Waals surface area contributed by atoms with Crippen LogP contribution in [0.1, 0.15) is 17.5 Å². The Labute approximate surface area is 184 Å². The Morgan fingerprint density at radius 1 is 1.00 bits per heavy atom. The van der Waals surface area contributed by atoms with Gasteiger partial charge in [-0.1, -0.05) is 48.5 Å². The third-order valence-electron chi connectivity index (χ3n) is 6.08. The van der Waals surface area contributed by atoms with Gasteiger partial charge in [0, 0.05) is 43.4 Å². The minimum atomic E-state index is -2.91. The molecule has 2 saturated heterocycles. The zero-order valence-electron chi connectivity index (χ0n) is 17.7. The van der Waals surface area contributed by atoms with Crippen molar-refractivity contribution in [2.75, 3.05) is 44.8 Å². The Morgan fingerprint density at radius 3 is 2.32 bits per heavy atom. The molecule has 0 radical (unpaired) electrons. The van der Waals surface area contributed by atoms with E-state index in [1.165, 1.54) is 0 Å². The molecule has 6 nitrogen and oxygen atoms in total. The zero-order chi connectivity index (χ0) is 21.8. The third kappa shape index (κ3) is 4.99. The van der Waals surface area contributed by atoms with Gasteiger partial charge in [-0.25, -0.2) is 8.42 Å². The number of piperazine rings is 1. The summed E-state index contributed by atoms with van der Waals surface area (Å²) in [7, 11) is -1.28. The molecule has 0 aliphatic carbocycles. The van der Waals surface area contributed by atoms with Crippen LogP contribution in [0.3, 0.4) is 0 Å². The molecular formula is C24H28N2O4S. The minimum Gasteiger partial charge on any atom is -0.496 e. The second-order valence-corrected chi connectivity index (χ2v) is 10.3. The van der Waals surface area contributed by atoms with E-state index in [1.54, 1.807) is 7.11 Å². The lowest BCUT2D eigenvalue weighted by atomic mass is 10.0. The van der Waals surface area contributed by atoms with Crippen molar-refractivity contribution in [3.8, 4) is 5.75 Å². The van der Waals surface area contributed by atoms with Crippen molar-refractivity contribution >= 4 is 27.4 Å². The summed E-state index contributed by atoms with van der Waals surface area (Å²) in [5.41, 5.74) is 2.34. The number of carbonyl (C=O) groups excluding carboxylic acids is 1. The fourth-order valence-electron chi connectivity index (χ4n) is 4.35. The van der Waals surface area contributed by atoms with Crippen LogP contribution in [0.15, 0.2) is 54.6 Å². The van der Waals surface area contributed by atoms with Gasteiger partial charge < -0.3 is 9.64 Å². The van der Waals surface area contributed by atoms with Crippen LogP contribution in [-0.4, -0.2) is 75.0 Å². The average Bonchev–Trinajstić information content (AvgIpc) is 3.17. The highest BCUT2D eigenvalue weighted by Crippen LogP contribution is 2.27. The number of sulfone groups is 1. The standard InChI is InChI=1S/C24H28N2O4S/c1-30-23-10-6-5-9-20(23)17-22(19-7-3-2-4-8-19)24(27)26-14-12-25(13-15-26)21-11-16-31(28,29)18-21/h2-10,17,21H,11-16,18H2,1H3/b22-17+. The molecule has 2 aromatic carbocycles. The van der Waals surface area contributed by atoms with E-state index in [-0.39, 0.29) is 23.5 Å². The van der Waals surface area contributed by atoms with E-state index in [1.807, 2.05) is 65.6 Å². The number of benzene rings is 2. The lowest BCUT2D eigenvalue weighted by Crippen LogP contribution is -2.52. The number of carbonyl (C=O) groups is 1. The first-order chi connectivity index (χ1) is 15.0.